The second-order valence-corrected chi connectivity index (χ2v) is 5.35. The van der Waals surface area contributed by atoms with E-state index in [0.717, 1.165) is 25.3 Å². The zero-order valence-electron chi connectivity index (χ0n) is 11.6. The van der Waals surface area contributed by atoms with Crippen LogP contribution in [-0.4, -0.2) is 18.2 Å². The molecule has 2 rings (SSSR count). The molecule has 1 aromatic carbocycles. The fraction of sp³-hybridized carbons (Fsp3) is 0.600. The van der Waals surface area contributed by atoms with Crippen LogP contribution in [0.4, 0.5) is 18.9 Å². The molecular formula is C15H20F3NO. The lowest BCUT2D eigenvalue weighted by molar-refractivity contribution is -0.137. The van der Waals surface area contributed by atoms with E-state index in [2.05, 4.69) is 6.92 Å². The second kappa shape index (κ2) is 6.04. The van der Waals surface area contributed by atoms with Crippen LogP contribution in [0.5, 0.6) is 0 Å². The smallest absolute Gasteiger partial charge is 0.392 e. The number of aliphatic hydroxyl groups is 1. The molecule has 0 aromatic heterocycles. The average Bonchev–Trinajstić information content (AvgIpc) is 2.46. The van der Waals surface area contributed by atoms with Crippen molar-refractivity contribution in [1.29, 1.82) is 0 Å². The zero-order valence-corrected chi connectivity index (χ0v) is 11.6. The molecule has 1 saturated heterocycles. The first-order valence-corrected chi connectivity index (χ1v) is 7.01. The van der Waals surface area contributed by atoms with Gasteiger partial charge in [-0.25, -0.2) is 0 Å². The van der Waals surface area contributed by atoms with Crippen LogP contribution < -0.4 is 4.90 Å². The minimum atomic E-state index is -4.39. The molecule has 1 aromatic rings. The summed E-state index contributed by atoms with van der Waals surface area (Å²) in [6, 6.07) is 4.11. The van der Waals surface area contributed by atoms with Gasteiger partial charge in [0, 0.05) is 18.8 Å². The van der Waals surface area contributed by atoms with Crippen molar-refractivity contribution in [2.75, 3.05) is 18.0 Å². The lowest BCUT2D eigenvalue weighted by Gasteiger charge is -2.34. The first-order chi connectivity index (χ1) is 9.45. The summed E-state index contributed by atoms with van der Waals surface area (Å²) in [6.07, 6.45) is -1.42. The van der Waals surface area contributed by atoms with Crippen LogP contribution in [0.25, 0.3) is 0 Å². The molecule has 0 unspecified atom stereocenters. The predicted molar refractivity (Wildman–Crippen MR) is 72.6 cm³/mol. The number of hydrogen-bond acceptors (Lipinski definition) is 2. The van der Waals surface area contributed by atoms with Crippen molar-refractivity contribution < 1.29 is 18.3 Å². The topological polar surface area (TPSA) is 23.5 Å². The number of anilines is 1. The lowest BCUT2D eigenvalue weighted by Crippen LogP contribution is -2.34. The van der Waals surface area contributed by atoms with E-state index in [1.54, 1.807) is 6.07 Å². The van der Waals surface area contributed by atoms with Crippen LogP contribution in [0.15, 0.2) is 18.2 Å². The molecule has 1 fully saturated rings. The SMILES string of the molecule is CCC1CCN(c2ccc(CO)cc2C(F)(F)F)CC1. The van der Waals surface area contributed by atoms with Crippen LogP contribution in [0.1, 0.15) is 37.3 Å². The van der Waals surface area contributed by atoms with Crippen molar-refractivity contribution in [3.05, 3.63) is 29.3 Å². The summed E-state index contributed by atoms with van der Waals surface area (Å²) >= 11 is 0. The van der Waals surface area contributed by atoms with E-state index in [1.807, 2.05) is 4.90 Å². The number of benzene rings is 1. The number of aliphatic hydroxyl groups excluding tert-OH is 1. The highest BCUT2D eigenvalue weighted by Crippen LogP contribution is 2.38. The zero-order chi connectivity index (χ0) is 14.8. The van der Waals surface area contributed by atoms with Crippen molar-refractivity contribution in [2.24, 2.45) is 5.92 Å². The molecule has 0 amide bonds. The van der Waals surface area contributed by atoms with E-state index in [1.165, 1.54) is 6.07 Å². The van der Waals surface area contributed by atoms with E-state index >= 15 is 0 Å². The summed E-state index contributed by atoms with van der Waals surface area (Å²) in [5, 5.41) is 9.01. The first kappa shape index (κ1) is 15.2. The van der Waals surface area contributed by atoms with E-state index in [-0.39, 0.29) is 12.3 Å². The van der Waals surface area contributed by atoms with Crippen LogP contribution in [0.3, 0.4) is 0 Å². The fourth-order valence-corrected chi connectivity index (χ4v) is 2.77. The predicted octanol–water partition coefficient (Wildman–Crippen LogP) is 3.82. The molecule has 5 heteroatoms. The molecule has 1 aliphatic rings. The number of piperidine rings is 1. The fourth-order valence-electron chi connectivity index (χ4n) is 2.77. The molecule has 1 N–H and O–H groups in total. The number of rotatable bonds is 3. The monoisotopic (exact) mass is 287 g/mol. The Kier molecular flexibility index (Phi) is 4.58. The Morgan fingerprint density at radius 3 is 2.40 bits per heavy atom. The van der Waals surface area contributed by atoms with Crippen LogP contribution in [-0.2, 0) is 12.8 Å². The average molecular weight is 287 g/mol. The molecule has 1 aliphatic heterocycles. The van der Waals surface area contributed by atoms with E-state index in [0.29, 0.717) is 24.6 Å². The summed E-state index contributed by atoms with van der Waals surface area (Å²) in [5.41, 5.74) is -0.104. The molecule has 0 radical (unpaired) electrons. The third kappa shape index (κ3) is 3.26. The Balaban J connectivity index is 2.27. The van der Waals surface area contributed by atoms with Gasteiger partial charge in [-0.1, -0.05) is 19.4 Å². The van der Waals surface area contributed by atoms with Gasteiger partial charge in [-0.05, 0) is 36.5 Å². The van der Waals surface area contributed by atoms with Crippen molar-refractivity contribution in [3.8, 4) is 0 Å². The van der Waals surface area contributed by atoms with Crippen LogP contribution >= 0.6 is 0 Å². The second-order valence-electron chi connectivity index (χ2n) is 5.35. The van der Waals surface area contributed by atoms with Gasteiger partial charge in [0.05, 0.1) is 12.2 Å². The maximum Gasteiger partial charge on any atom is 0.418 e. The van der Waals surface area contributed by atoms with E-state index in [9.17, 15) is 13.2 Å². The summed E-state index contributed by atoms with van der Waals surface area (Å²) in [4.78, 5) is 1.82. The maximum absolute atomic E-state index is 13.2. The molecule has 0 atom stereocenters. The van der Waals surface area contributed by atoms with Gasteiger partial charge in [0.25, 0.3) is 0 Å². The maximum atomic E-state index is 13.2. The first-order valence-electron chi connectivity index (χ1n) is 7.01. The Bertz CT molecular complexity index is 451. The summed E-state index contributed by atoms with van der Waals surface area (Å²) in [5.74, 6) is 0.623. The third-order valence-corrected chi connectivity index (χ3v) is 4.08. The number of hydrogen-bond donors (Lipinski definition) is 1. The van der Waals surface area contributed by atoms with Crippen LogP contribution in [0, 0.1) is 5.92 Å². The summed E-state index contributed by atoms with van der Waals surface area (Å²) < 4.78 is 39.5. The van der Waals surface area contributed by atoms with Gasteiger partial charge in [0.15, 0.2) is 0 Å². The minimum Gasteiger partial charge on any atom is -0.392 e. The molecule has 2 nitrogen and oxygen atoms in total. The quantitative estimate of drug-likeness (QED) is 0.913. The number of halogens is 3. The standard InChI is InChI=1S/C15H20F3NO/c1-2-11-5-7-19(8-6-11)14-4-3-12(10-20)9-13(14)15(16,17)18/h3-4,9,11,20H,2,5-8,10H2,1H3. The molecule has 0 spiro atoms. The molecule has 0 bridgehead atoms. The summed E-state index contributed by atoms with van der Waals surface area (Å²) in [6.45, 7) is 3.08. The Hall–Kier alpha value is -1.23. The Morgan fingerprint density at radius 1 is 1.25 bits per heavy atom. The highest BCUT2D eigenvalue weighted by atomic mass is 19.4. The van der Waals surface area contributed by atoms with Crippen molar-refractivity contribution in [2.45, 2.75) is 39.0 Å². The normalized spacial score (nSPS) is 17.6. The Morgan fingerprint density at radius 2 is 1.90 bits per heavy atom. The largest absolute Gasteiger partial charge is 0.418 e. The van der Waals surface area contributed by atoms with Gasteiger partial charge in [-0.2, -0.15) is 13.2 Å². The van der Waals surface area contributed by atoms with Crippen molar-refractivity contribution in [3.63, 3.8) is 0 Å². The molecule has 112 valence electrons. The lowest BCUT2D eigenvalue weighted by atomic mass is 9.93. The van der Waals surface area contributed by atoms with Gasteiger partial charge in [-0.15, -0.1) is 0 Å². The van der Waals surface area contributed by atoms with Gasteiger partial charge < -0.3 is 10.0 Å². The molecular weight excluding hydrogens is 267 g/mol. The van der Waals surface area contributed by atoms with Gasteiger partial charge in [-0.3, -0.25) is 0 Å². The van der Waals surface area contributed by atoms with Crippen molar-refractivity contribution >= 4 is 5.69 Å². The molecule has 0 saturated carbocycles. The van der Waals surface area contributed by atoms with E-state index < -0.39 is 11.7 Å². The Labute approximate surface area is 117 Å². The highest BCUT2D eigenvalue weighted by Gasteiger charge is 2.35. The number of nitrogens with zero attached hydrogens (tertiary/aromatic N) is 1. The molecule has 20 heavy (non-hydrogen) atoms. The van der Waals surface area contributed by atoms with Crippen molar-refractivity contribution in [1.82, 2.24) is 0 Å². The molecule has 0 aliphatic carbocycles. The summed E-state index contributed by atoms with van der Waals surface area (Å²) in [7, 11) is 0. The minimum absolute atomic E-state index is 0.240. The third-order valence-electron chi connectivity index (χ3n) is 4.08. The molecule has 1 heterocycles. The van der Waals surface area contributed by atoms with Gasteiger partial charge in [0.1, 0.15) is 0 Å². The van der Waals surface area contributed by atoms with E-state index in [4.69, 9.17) is 5.11 Å². The van der Waals surface area contributed by atoms with Gasteiger partial charge in [0.2, 0.25) is 0 Å². The highest BCUT2D eigenvalue weighted by molar-refractivity contribution is 5.56. The van der Waals surface area contributed by atoms with Gasteiger partial charge >= 0.3 is 6.18 Å². The van der Waals surface area contributed by atoms with Crippen LogP contribution in [0.2, 0.25) is 0 Å². The number of alkyl halides is 3.